The summed E-state index contributed by atoms with van der Waals surface area (Å²) in [6.45, 7) is 3.81. The van der Waals surface area contributed by atoms with Crippen molar-refractivity contribution in [1.82, 2.24) is 14.9 Å². The molecule has 0 unspecified atom stereocenters. The highest BCUT2D eigenvalue weighted by Gasteiger charge is 2.17. The van der Waals surface area contributed by atoms with Gasteiger partial charge in [-0.05, 0) is 25.5 Å². The van der Waals surface area contributed by atoms with Gasteiger partial charge in [-0.25, -0.2) is 0 Å². The molecule has 0 aliphatic rings. The normalized spacial score (nSPS) is 11.3. The van der Waals surface area contributed by atoms with E-state index in [2.05, 4.69) is 15.3 Å². The van der Waals surface area contributed by atoms with Crippen LogP contribution < -0.4 is 5.11 Å². The lowest BCUT2D eigenvalue weighted by molar-refractivity contribution is -0.301. The molecule has 25 heavy (non-hydrogen) atoms. The fourth-order valence-corrected chi connectivity index (χ4v) is 2.84. The molecule has 128 valence electrons. The molecular weight excluding hydrogens is 340 g/mol. The van der Waals surface area contributed by atoms with Crippen molar-refractivity contribution in [2.24, 2.45) is 5.10 Å². The lowest BCUT2D eigenvalue weighted by Crippen LogP contribution is -2.24. The Kier molecular flexibility index (Phi) is 4.99. The topological polar surface area (TPSA) is 96.3 Å². The summed E-state index contributed by atoms with van der Waals surface area (Å²) in [4.78, 5) is 10.7. The number of carbonyl (C=O) groups excluding carboxylic acids is 1. The van der Waals surface area contributed by atoms with E-state index in [4.69, 9.17) is 4.42 Å². The fraction of sp³-hybridized carbons (Fsp3) is 0.176. The number of nitrogens with zero attached hydrogens (tertiary/aromatic N) is 4. The summed E-state index contributed by atoms with van der Waals surface area (Å²) in [7, 11) is 0. The first kappa shape index (κ1) is 17.0. The lowest BCUT2D eigenvalue weighted by atomic mass is 10.2. The number of aliphatic carboxylic acids is 1. The van der Waals surface area contributed by atoms with E-state index < -0.39 is 5.97 Å². The van der Waals surface area contributed by atoms with E-state index in [1.54, 1.807) is 18.5 Å². The molecule has 7 nitrogen and oxygen atoms in total. The molecule has 0 atom stereocenters. The van der Waals surface area contributed by atoms with Crippen molar-refractivity contribution in [3.8, 4) is 11.4 Å². The van der Waals surface area contributed by atoms with Crippen LogP contribution in [0.25, 0.3) is 11.4 Å². The summed E-state index contributed by atoms with van der Waals surface area (Å²) in [6, 6.07) is 9.63. The van der Waals surface area contributed by atoms with Gasteiger partial charge in [0.2, 0.25) is 5.16 Å². The van der Waals surface area contributed by atoms with E-state index >= 15 is 0 Å². The van der Waals surface area contributed by atoms with Crippen LogP contribution in [-0.4, -0.2) is 32.8 Å². The zero-order valence-corrected chi connectivity index (χ0v) is 14.5. The van der Waals surface area contributed by atoms with Crippen LogP contribution >= 0.6 is 11.8 Å². The van der Waals surface area contributed by atoms with Crippen molar-refractivity contribution < 1.29 is 14.3 Å². The van der Waals surface area contributed by atoms with Crippen LogP contribution in [-0.2, 0) is 4.79 Å². The molecule has 8 heteroatoms. The zero-order valence-electron chi connectivity index (χ0n) is 13.7. The Labute approximate surface area is 148 Å². The third-order valence-corrected chi connectivity index (χ3v) is 4.29. The van der Waals surface area contributed by atoms with Gasteiger partial charge in [0, 0.05) is 5.75 Å². The van der Waals surface area contributed by atoms with Crippen molar-refractivity contribution >= 4 is 23.9 Å². The smallest absolute Gasteiger partial charge is 0.212 e. The Balaban J connectivity index is 2.00. The largest absolute Gasteiger partial charge is 0.549 e. The van der Waals surface area contributed by atoms with Gasteiger partial charge in [-0.3, -0.25) is 0 Å². The van der Waals surface area contributed by atoms with Crippen LogP contribution in [0.3, 0.4) is 0 Å². The van der Waals surface area contributed by atoms with Crippen molar-refractivity contribution in [2.75, 3.05) is 5.75 Å². The number of hydrogen-bond acceptors (Lipinski definition) is 7. The zero-order chi connectivity index (χ0) is 17.8. The summed E-state index contributed by atoms with van der Waals surface area (Å²) >= 11 is 1.00. The molecule has 2 heterocycles. The Morgan fingerprint density at radius 2 is 2.20 bits per heavy atom. The molecule has 0 spiro atoms. The summed E-state index contributed by atoms with van der Waals surface area (Å²) in [5.41, 5.74) is 2.78. The monoisotopic (exact) mass is 355 g/mol. The number of aryl methyl sites for hydroxylation is 2. The summed E-state index contributed by atoms with van der Waals surface area (Å²) < 4.78 is 6.82. The molecular formula is C17H15N4O3S-. The Morgan fingerprint density at radius 1 is 1.36 bits per heavy atom. The number of carboxylic acids is 1. The fourth-order valence-electron chi connectivity index (χ4n) is 2.24. The minimum absolute atomic E-state index is 0.234. The highest BCUT2D eigenvalue weighted by atomic mass is 32.2. The third-order valence-electron chi connectivity index (χ3n) is 3.40. The first-order valence-corrected chi connectivity index (χ1v) is 8.46. The molecule has 0 saturated carbocycles. The van der Waals surface area contributed by atoms with E-state index in [0.29, 0.717) is 16.7 Å². The van der Waals surface area contributed by atoms with Gasteiger partial charge in [0.1, 0.15) is 5.76 Å². The number of rotatable bonds is 6. The molecule has 3 rings (SSSR count). The van der Waals surface area contributed by atoms with Gasteiger partial charge in [0.15, 0.2) is 5.82 Å². The van der Waals surface area contributed by atoms with Crippen LogP contribution in [0.4, 0.5) is 0 Å². The maximum Gasteiger partial charge on any atom is 0.212 e. The van der Waals surface area contributed by atoms with E-state index in [0.717, 1.165) is 28.5 Å². The number of carboxylic acid groups (broad SMARTS) is 1. The van der Waals surface area contributed by atoms with Crippen LogP contribution in [0.5, 0.6) is 0 Å². The van der Waals surface area contributed by atoms with Gasteiger partial charge in [-0.15, -0.1) is 10.2 Å². The quantitative estimate of drug-likeness (QED) is 0.495. The van der Waals surface area contributed by atoms with Gasteiger partial charge < -0.3 is 14.3 Å². The van der Waals surface area contributed by atoms with E-state index in [1.165, 1.54) is 4.68 Å². The molecule has 0 saturated heterocycles. The lowest BCUT2D eigenvalue weighted by Gasteiger charge is -2.04. The number of carbonyl (C=O) groups is 1. The first-order valence-electron chi connectivity index (χ1n) is 7.48. The second-order valence-electron chi connectivity index (χ2n) is 5.33. The average molecular weight is 355 g/mol. The number of hydrogen-bond donors (Lipinski definition) is 0. The van der Waals surface area contributed by atoms with E-state index in [-0.39, 0.29) is 5.75 Å². The predicted octanol–water partition coefficient (Wildman–Crippen LogP) is 1.88. The molecule has 0 amide bonds. The van der Waals surface area contributed by atoms with Crippen molar-refractivity contribution in [3.05, 3.63) is 53.5 Å². The Morgan fingerprint density at radius 3 is 2.88 bits per heavy atom. The van der Waals surface area contributed by atoms with Crippen LogP contribution in [0, 0.1) is 13.8 Å². The maximum absolute atomic E-state index is 10.7. The highest BCUT2D eigenvalue weighted by molar-refractivity contribution is 7.99. The van der Waals surface area contributed by atoms with Crippen molar-refractivity contribution in [3.63, 3.8) is 0 Å². The number of furan rings is 1. The number of aromatic nitrogens is 3. The van der Waals surface area contributed by atoms with E-state index in [9.17, 15) is 9.90 Å². The summed E-state index contributed by atoms with van der Waals surface area (Å²) in [6.07, 6.45) is 3.24. The predicted molar refractivity (Wildman–Crippen MR) is 92.4 cm³/mol. The first-order chi connectivity index (χ1) is 12.0. The molecule has 2 aromatic heterocycles. The SMILES string of the molecule is Cc1cccc(/C=N\n2c(SCC(=O)[O-])nnc2-c2ccoc2C)c1. The summed E-state index contributed by atoms with van der Waals surface area (Å²) in [5.74, 6) is -0.252. The molecule has 1 aromatic carbocycles. The maximum atomic E-state index is 10.7. The standard InChI is InChI=1S/C17H16N4O3S/c1-11-4-3-5-13(8-11)9-18-21-16(14-6-7-24-12(14)2)19-20-17(21)25-10-15(22)23/h3-9H,10H2,1-2H3,(H,22,23)/p-1/b18-9-. The van der Waals surface area contributed by atoms with Gasteiger partial charge in [-0.1, -0.05) is 41.6 Å². The number of benzene rings is 1. The summed E-state index contributed by atoms with van der Waals surface area (Å²) in [5, 5.41) is 23.7. The van der Waals surface area contributed by atoms with Crippen LogP contribution in [0.15, 0.2) is 51.3 Å². The molecule has 0 fully saturated rings. The minimum atomic E-state index is -1.18. The third kappa shape index (κ3) is 3.97. The van der Waals surface area contributed by atoms with Crippen LogP contribution in [0.1, 0.15) is 16.9 Å². The second kappa shape index (κ2) is 7.35. The molecule has 0 aliphatic heterocycles. The van der Waals surface area contributed by atoms with Crippen molar-refractivity contribution in [1.29, 1.82) is 0 Å². The molecule has 0 radical (unpaired) electrons. The molecule has 0 N–H and O–H groups in total. The van der Waals surface area contributed by atoms with E-state index in [1.807, 2.05) is 38.1 Å². The van der Waals surface area contributed by atoms with Crippen LogP contribution in [0.2, 0.25) is 0 Å². The van der Waals surface area contributed by atoms with Crippen molar-refractivity contribution in [2.45, 2.75) is 19.0 Å². The number of thioether (sulfide) groups is 1. The molecule has 3 aromatic rings. The van der Waals surface area contributed by atoms with Gasteiger partial charge in [0.05, 0.1) is 24.0 Å². The molecule has 0 bridgehead atoms. The highest BCUT2D eigenvalue weighted by Crippen LogP contribution is 2.26. The second-order valence-corrected chi connectivity index (χ2v) is 6.27. The minimum Gasteiger partial charge on any atom is -0.549 e. The van der Waals surface area contributed by atoms with Gasteiger partial charge in [0.25, 0.3) is 0 Å². The van der Waals surface area contributed by atoms with Gasteiger partial charge in [-0.2, -0.15) is 9.78 Å². The van der Waals surface area contributed by atoms with Gasteiger partial charge >= 0.3 is 0 Å². The Hall–Kier alpha value is -2.87. The average Bonchev–Trinajstić information content (AvgIpc) is 3.16. The molecule has 0 aliphatic carbocycles. The Bertz CT molecular complexity index is 930.